The van der Waals surface area contributed by atoms with Crippen molar-refractivity contribution in [3.8, 4) is 0 Å². The van der Waals surface area contributed by atoms with E-state index in [2.05, 4.69) is 6.58 Å². The molecule has 25 heavy (non-hydrogen) atoms. The molecule has 7 N–H and O–H groups in total. The Balaban J connectivity index is -0.000000127. The third-order valence-electron chi connectivity index (χ3n) is 1.85. The lowest BCUT2D eigenvalue weighted by molar-refractivity contribution is -0.139. The molecule has 0 saturated heterocycles. The predicted molar refractivity (Wildman–Crippen MR) is 88.9 cm³/mol. The summed E-state index contributed by atoms with van der Waals surface area (Å²) in [5.74, 6) is -2.72. The van der Waals surface area contributed by atoms with Gasteiger partial charge in [0.2, 0.25) is 0 Å². The van der Waals surface area contributed by atoms with Crippen LogP contribution in [0.15, 0.2) is 12.7 Å². The average molecular weight is 370 g/mol. The molecule has 0 heterocycles. The van der Waals surface area contributed by atoms with Crippen LogP contribution in [0.2, 0.25) is 0 Å². The summed E-state index contributed by atoms with van der Waals surface area (Å²) in [5, 5.41) is 55.3. The minimum absolute atomic E-state index is 0.0628. The van der Waals surface area contributed by atoms with Crippen molar-refractivity contribution in [2.45, 2.75) is 51.7 Å². The second-order valence-electron chi connectivity index (χ2n) is 4.25. The van der Waals surface area contributed by atoms with Crippen LogP contribution in [0, 0.1) is 0 Å². The van der Waals surface area contributed by atoms with Gasteiger partial charge in [-0.2, -0.15) is 0 Å². The molecule has 0 saturated carbocycles. The van der Waals surface area contributed by atoms with Crippen molar-refractivity contribution in [1.82, 2.24) is 0 Å². The highest BCUT2D eigenvalue weighted by Crippen LogP contribution is 1.98. The monoisotopic (exact) mass is 370 g/mol. The van der Waals surface area contributed by atoms with E-state index >= 15 is 0 Å². The first-order valence-electron chi connectivity index (χ1n) is 7.45. The van der Waals surface area contributed by atoms with Crippen molar-refractivity contribution < 1.29 is 50.1 Å². The average Bonchev–Trinajstić information content (AvgIpc) is 2.52. The number of carboxylic acid groups (broad SMARTS) is 3. The maximum Gasteiger partial charge on any atom is 0.327 e. The minimum atomic E-state index is -1.10. The summed E-state index contributed by atoms with van der Waals surface area (Å²) in [6.45, 7) is 4.61. The molecular formula is C15H30O10. The lowest BCUT2D eigenvalue weighted by Gasteiger charge is -1.94. The molecule has 0 rings (SSSR count). The third kappa shape index (κ3) is 72.8. The molecule has 0 amide bonds. The highest BCUT2D eigenvalue weighted by Gasteiger charge is 1.99. The molecular weight excluding hydrogens is 340 g/mol. The Morgan fingerprint density at radius 3 is 1.32 bits per heavy atom. The zero-order chi connectivity index (χ0) is 20.7. The van der Waals surface area contributed by atoms with Gasteiger partial charge in [0, 0.05) is 18.9 Å². The molecule has 0 aliphatic rings. The van der Waals surface area contributed by atoms with E-state index in [4.69, 9.17) is 35.7 Å². The maximum atomic E-state index is 9.90. The number of rotatable bonds is 9. The van der Waals surface area contributed by atoms with Crippen molar-refractivity contribution >= 4 is 17.9 Å². The summed E-state index contributed by atoms with van der Waals surface area (Å²) in [6.07, 6.45) is 2.07. The van der Waals surface area contributed by atoms with Crippen LogP contribution in [0.25, 0.3) is 0 Å². The minimum Gasteiger partial charge on any atom is -0.481 e. The molecule has 0 aromatic rings. The van der Waals surface area contributed by atoms with Gasteiger partial charge in [-0.15, -0.1) is 0 Å². The smallest absolute Gasteiger partial charge is 0.327 e. The van der Waals surface area contributed by atoms with Crippen molar-refractivity contribution in [3.05, 3.63) is 12.7 Å². The van der Waals surface area contributed by atoms with Crippen LogP contribution >= 0.6 is 0 Å². The fourth-order valence-corrected chi connectivity index (χ4v) is 0.811. The standard InChI is InChI=1S/C6H10O4.C4H10O2.C3H4O2.C2H6O2/c7-5(8)3-1-2-4-6(9)10;1-2-3-4(5)6;1-2-3(4)5;3-1-2-4/h1-4H2,(H,7,8)(H,9,10);4-6H,2-3H2,1H3;2H,1H2,(H,4,5);3-4H,1-2H2. The van der Waals surface area contributed by atoms with E-state index < -0.39 is 24.2 Å². The van der Waals surface area contributed by atoms with Gasteiger partial charge in [-0.1, -0.05) is 19.9 Å². The normalized spacial score (nSPS) is 8.56. The number of unbranched alkanes of at least 4 members (excludes halogenated alkanes) is 1. The van der Waals surface area contributed by atoms with Crippen LogP contribution in [0.5, 0.6) is 0 Å². The second kappa shape index (κ2) is 26.9. The molecule has 10 nitrogen and oxygen atoms in total. The summed E-state index contributed by atoms with van der Waals surface area (Å²) >= 11 is 0. The highest BCUT2D eigenvalue weighted by atomic mass is 16.5. The fourth-order valence-electron chi connectivity index (χ4n) is 0.811. The van der Waals surface area contributed by atoms with Gasteiger partial charge in [0.15, 0.2) is 6.29 Å². The molecule has 0 atom stereocenters. The molecule has 0 unspecified atom stereocenters. The Hall–Kier alpha value is -2.01. The van der Waals surface area contributed by atoms with Gasteiger partial charge in [-0.3, -0.25) is 9.59 Å². The van der Waals surface area contributed by atoms with E-state index in [0.717, 1.165) is 12.5 Å². The van der Waals surface area contributed by atoms with Gasteiger partial charge in [0.1, 0.15) is 0 Å². The molecule has 150 valence electrons. The van der Waals surface area contributed by atoms with Crippen LogP contribution in [-0.2, 0) is 14.4 Å². The summed E-state index contributed by atoms with van der Waals surface area (Å²) in [6, 6.07) is 0. The Morgan fingerprint density at radius 1 is 0.920 bits per heavy atom. The highest BCUT2D eigenvalue weighted by molar-refractivity contribution is 5.78. The Labute approximate surface area is 146 Å². The lowest BCUT2D eigenvalue weighted by Crippen LogP contribution is -2.01. The molecule has 0 aromatic heterocycles. The van der Waals surface area contributed by atoms with Crippen LogP contribution in [-0.4, -0.2) is 73.2 Å². The van der Waals surface area contributed by atoms with Crippen molar-refractivity contribution in [3.63, 3.8) is 0 Å². The van der Waals surface area contributed by atoms with Crippen LogP contribution in [0.1, 0.15) is 45.4 Å². The fraction of sp³-hybridized carbons (Fsp3) is 0.667. The van der Waals surface area contributed by atoms with Gasteiger partial charge in [-0.25, -0.2) is 4.79 Å². The molecule has 10 heteroatoms. The zero-order valence-electron chi connectivity index (χ0n) is 14.4. The van der Waals surface area contributed by atoms with Gasteiger partial charge in [0.05, 0.1) is 13.2 Å². The molecule has 0 fully saturated rings. The predicted octanol–water partition coefficient (Wildman–Crippen LogP) is 0.0412. The first-order chi connectivity index (χ1) is 11.6. The first kappa shape index (κ1) is 30.8. The second-order valence-corrected chi connectivity index (χ2v) is 4.25. The summed E-state index contributed by atoms with van der Waals surface area (Å²) in [4.78, 5) is 29.0. The number of carboxylic acids is 3. The van der Waals surface area contributed by atoms with E-state index in [9.17, 15) is 14.4 Å². The molecule has 0 spiro atoms. The van der Waals surface area contributed by atoms with Gasteiger partial charge in [0.25, 0.3) is 0 Å². The number of aliphatic carboxylic acids is 3. The van der Waals surface area contributed by atoms with E-state index in [0.29, 0.717) is 19.3 Å². The van der Waals surface area contributed by atoms with E-state index in [-0.39, 0.29) is 26.1 Å². The molecule has 0 aliphatic carbocycles. The summed E-state index contributed by atoms with van der Waals surface area (Å²) < 4.78 is 0. The Bertz CT molecular complexity index is 310. The SMILES string of the molecule is C=CC(=O)O.CCCC(O)O.O=C(O)CCCCC(=O)O.OCCO. The van der Waals surface area contributed by atoms with Crippen molar-refractivity contribution in [2.24, 2.45) is 0 Å². The first-order valence-corrected chi connectivity index (χ1v) is 7.45. The number of aliphatic hydroxyl groups excluding tert-OH is 3. The van der Waals surface area contributed by atoms with Gasteiger partial charge in [-0.05, 0) is 19.3 Å². The maximum absolute atomic E-state index is 9.90. The number of hydrogen-bond acceptors (Lipinski definition) is 7. The van der Waals surface area contributed by atoms with Crippen molar-refractivity contribution in [1.29, 1.82) is 0 Å². The lowest BCUT2D eigenvalue weighted by atomic mass is 10.2. The molecule has 0 aromatic carbocycles. The summed E-state index contributed by atoms with van der Waals surface area (Å²) in [5.41, 5.74) is 0. The quantitative estimate of drug-likeness (QED) is 0.165. The largest absolute Gasteiger partial charge is 0.481 e. The van der Waals surface area contributed by atoms with E-state index in [1.54, 1.807) is 0 Å². The van der Waals surface area contributed by atoms with Gasteiger partial charge >= 0.3 is 17.9 Å². The topological polar surface area (TPSA) is 193 Å². The van der Waals surface area contributed by atoms with Crippen LogP contribution < -0.4 is 0 Å². The number of aliphatic hydroxyl groups is 4. The van der Waals surface area contributed by atoms with E-state index in [1.165, 1.54) is 0 Å². The van der Waals surface area contributed by atoms with Crippen LogP contribution in [0.4, 0.5) is 0 Å². The number of carbonyl (C=O) groups is 3. The zero-order valence-corrected chi connectivity index (χ0v) is 14.4. The number of hydrogen-bond donors (Lipinski definition) is 7. The Kier molecular flexibility index (Phi) is 33.1. The summed E-state index contributed by atoms with van der Waals surface area (Å²) in [7, 11) is 0. The van der Waals surface area contributed by atoms with Crippen LogP contribution in [0.3, 0.4) is 0 Å². The van der Waals surface area contributed by atoms with Gasteiger partial charge < -0.3 is 35.7 Å². The Morgan fingerprint density at radius 2 is 1.24 bits per heavy atom. The van der Waals surface area contributed by atoms with Crippen molar-refractivity contribution in [2.75, 3.05) is 13.2 Å². The molecule has 0 radical (unpaired) electrons. The molecule has 0 aliphatic heterocycles. The van der Waals surface area contributed by atoms with E-state index in [1.807, 2.05) is 6.92 Å². The third-order valence-corrected chi connectivity index (χ3v) is 1.85. The molecule has 0 bridgehead atoms.